The number of carboxylic acids is 1. The number of amides is 2. The third kappa shape index (κ3) is 15.9. The summed E-state index contributed by atoms with van der Waals surface area (Å²) in [7, 11) is 3.47. The van der Waals surface area contributed by atoms with Crippen molar-refractivity contribution in [3.05, 3.63) is 165 Å². The SMILES string of the molecule is CCOC(=O)[C@H](O)C[C@@H](Cc1ccc(Br)cc1)NC(=O)c1ccc2nnn(O)c2c1.O=C(N[C@H](Cc1ccc(-c2cc(Cl)ccc2F)cc1)C[C@@H](O)C(=O)O)c1ccc2nnn(O)c2c1.[B]c1ccc(F)c(B(O)O)c1. The zero-order chi connectivity index (χ0) is 55.2. The molecule has 2 radical (unpaired) electrons. The first-order chi connectivity index (χ1) is 36.2. The smallest absolute Gasteiger partial charge is 0.479 e. The molecule has 0 saturated carbocycles. The largest absolute Gasteiger partial charge is 0.491 e. The molecule has 4 atom stereocenters. The van der Waals surface area contributed by atoms with Crippen molar-refractivity contribution < 1.29 is 68.5 Å². The van der Waals surface area contributed by atoms with Crippen LogP contribution in [0.25, 0.3) is 33.2 Å². The van der Waals surface area contributed by atoms with E-state index in [0.717, 1.165) is 21.7 Å². The number of halogens is 4. The van der Waals surface area contributed by atoms with Crippen molar-refractivity contribution in [1.82, 2.24) is 40.9 Å². The lowest BCUT2D eigenvalue weighted by Crippen LogP contribution is -2.41. The van der Waals surface area contributed by atoms with Crippen LogP contribution in [0.2, 0.25) is 5.02 Å². The van der Waals surface area contributed by atoms with E-state index in [0.29, 0.717) is 54.3 Å². The monoisotopic (exact) mass is 1120 g/mol. The first kappa shape index (κ1) is 57.5. The van der Waals surface area contributed by atoms with Crippen LogP contribution < -0.4 is 21.6 Å². The number of aromatic nitrogens is 6. The zero-order valence-corrected chi connectivity index (χ0v) is 42.3. The van der Waals surface area contributed by atoms with Crippen LogP contribution in [-0.2, 0) is 27.2 Å². The van der Waals surface area contributed by atoms with Crippen molar-refractivity contribution in [2.45, 2.75) is 56.9 Å². The topological polar surface area (TPSA) is 305 Å². The maximum Gasteiger partial charge on any atom is 0.491 e. The number of hydrogen-bond acceptors (Lipinski definition) is 15. The Kier molecular flexibility index (Phi) is 20.1. The van der Waals surface area contributed by atoms with Crippen LogP contribution in [0.5, 0.6) is 0 Å². The van der Waals surface area contributed by atoms with Crippen molar-refractivity contribution in [2.24, 2.45) is 0 Å². The van der Waals surface area contributed by atoms with Crippen LogP contribution in [-0.4, -0.2) is 136 Å². The van der Waals surface area contributed by atoms with Crippen LogP contribution in [0.1, 0.15) is 51.6 Å². The number of nitrogens with zero attached hydrogens (tertiary/aromatic N) is 6. The van der Waals surface area contributed by atoms with Gasteiger partial charge in [0.25, 0.3) is 11.8 Å². The molecule has 8 rings (SSSR count). The Balaban J connectivity index is 0.000000207. The second-order valence-corrected chi connectivity index (χ2v) is 18.2. The van der Waals surface area contributed by atoms with Crippen LogP contribution in [0, 0.1) is 11.6 Å². The molecule has 0 aliphatic heterocycles. The molecule has 76 heavy (non-hydrogen) atoms. The van der Waals surface area contributed by atoms with Gasteiger partial charge >= 0.3 is 19.1 Å². The van der Waals surface area contributed by atoms with E-state index >= 15 is 0 Å². The second-order valence-electron chi connectivity index (χ2n) is 16.8. The molecule has 0 bridgehead atoms. The lowest BCUT2D eigenvalue weighted by atomic mass is 9.77. The standard InChI is InChI=1S/C24H20ClFN4O5.C20H21BrN4O5.C6H5B2FO2/c25-16-6-7-19(26)18(11-16)14-3-1-13(2-4-14)9-17(12-22(31)24(33)34)27-23(32)15-5-8-20-21(10-15)30(35)29-28-20;1-2-30-20(28)18(26)11-15(9-12-3-6-14(21)7-4-12)22-19(27)13-5-8-16-17(10-13)25(29)24-23-16;7-4-1-2-6(9)5(3-4)8(10)11/h1-8,10-11,17,22,31,35H,9,12H2,(H,27,32)(H,33,34);3-8,10,15,18,26,29H,2,9,11H2,1H3,(H,22,27);1-3,10-11H/t17-,22-;15-,18-;/m11./s1. The number of hydrogen-bond donors (Lipinski definition) is 9. The van der Waals surface area contributed by atoms with Crippen LogP contribution >= 0.6 is 27.5 Å². The van der Waals surface area contributed by atoms with E-state index in [2.05, 4.69) is 47.2 Å². The molecule has 9 N–H and O–H groups in total. The van der Waals surface area contributed by atoms with Gasteiger partial charge in [-0.2, -0.15) is 0 Å². The lowest BCUT2D eigenvalue weighted by Gasteiger charge is -2.21. The van der Waals surface area contributed by atoms with Gasteiger partial charge in [0.15, 0.2) is 12.2 Å². The number of benzene rings is 6. The summed E-state index contributed by atoms with van der Waals surface area (Å²) in [6, 6.07) is 30.0. The number of esters is 1. The molecule has 0 aliphatic rings. The number of carbonyl (C=O) groups is 4. The molecule has 2 amide bonds. The Morgan fingerprint density at radius 2 is 1.21 bits per heavy atom. The van der Waals surface area contributed by atoms with E-state index in [1.807, 2.05) is 24.3 Å². The van der Waals surface area contributed by atoms with Gasteiger partial charge < -0.3 is 51.2 Å². The molecule has 26 heteroatoms. The van der Waals surface area contributed by atoms with Crippen LogP contribution in [0.15, 0.2) is 126 Å². The number of carbonyl (C=O) groups excluding carboxylic acids is 3. The second kappa shape index (κ2) is 26.6. The van der Waals surface area contributed by atoms with E-state index in [-0.39, 0.29) is 48.0 Å². The van der Waals surface area contributed by atoms with Crippen molar-refractivity contribution in [3.8, 4) is 11.1 Å². The molecule has 8 aromatic rings. The summed E-state index contributed by atoms with van der Waals surface area (Å²) in [5.74, 6) is -4.19. The van der Waals surface area contributed by atoms with E-state index in [9.17, 15) is 48.6 Å². The number of aliphatic hydroxyl groups is 2. The Hall–Kier alpha value is -7.80. The van der Waals surface area contributed by atoms with Crippen molar-refractivity contribution in [2.75, 3.05) is 6.61 Å². The van der Waals surface area contributed by atoms with Gasteiger partial charge in [-0.1, -0.05) is 91.2 Å². The first-order valence-electron chi connectivity index (χ1n) is 22.9. The number of aliphatic carboxylic acids is 1. The molecule has 392 valence electrons. The molecule has 0 saturated heterocycles. The summed E-state index contributed by atoms with van der Waals surface area (Å²) in [4.78, 5) is 49.9. The zero-order valence-electron chi connectivity index (χ0n) is 39.9. The number of rotatable bonds is 17. The molecule has 0 aliphatic carbocycles. The first-order valence-corrected chi connectivity index (χ1v) is 24.0. The predicted octanol–water partition coefficient (Wildman–Crippen LogP) is 3.69. The molecule has 0 spiro atoms. The quantitative estimate of drug-likeness (QED) is 0.0357. The van der Waals surface area contributed by atoms with Gasteiger partial charge in [0, 0.05) is 56.6 Å². The van der Waals surface area contributed by atoms with E-state index in [1.165, 1.54) is 54.6 Å². The third-order valence-electron chi connectivity index (χ3n) is 11.3. The number of ether oxygens (including phenoxy) is 1. The van der Waals surface area contributed by atoms with Gasteiger partial charge in [-0.25, -0.2) is 18.4 Å². The Morgan fingerprint density at radius 3 is 1.70 bits per heavy atom. The van der Waals surface area contributed by atoms with Gasteiger partial charge in [-0.15, -0.1) is 10.2 Å². The summed E-state index contributed by atoms with van der Waals surface area (Å²) >= 11 is 9.35. The minimum absolute atomic E-state index is 0.0115. The van der Waals surface area contributed by atoms with Gasteiger partial charge in [-0.05, 0) is 120 Å². The average Bonchev–Trinajstić information content (AvgIpc) is 3.97. The highest BCUT2D eigenvalue weighted by atomic mass is 79.9. The minimum atomic E-state index is -1.81. The highest BCUT2D eigenvalue weighted by Crippen LogP contribution is 2.27. The van der Waals surface area contributed by atoms with E-state index in [1.54, 1.807) is 43.3 Å². The fourth-order valence-corrected chi connectivity index (χ4v) is 7.92. The summed E-state index contributed by atoms with van der Waals surface area (Å²) in [5, 5.41) is 86.2. The fourth-order valence-electron chi connectivity index (χ4n) is 7.48. The summed E-state index contributed by atoms with van der Waals surface area (Å²) in [6.45, 7) is 1.81. The Bertz CT molecular complexity index is 3320. The molecule has 0 unspecified atom stereocenters. The Morgan fingerprint density at radius 1 is 0.711 bits per heavy atom. The predicted molar refractivity (Wildman–Crippen MR) is 277 cm³/mol. The highest BCUT2D eigenvalue weighted by molar-refractivity contribution is 9.10. The highest BCUT2D eigenvalue weighted by Gasteiger charge is 2.26. The van der Waals surface area contributed by atoms with Gasteiger partial charge in [0.2, 0.25) is 0 Å². The molecule has 0 fully saturated rings. The van der Waals surface area contributed by atoms with Crippen molar-refractivity contribution in [3.63, 3.8) is 0 Å². The Labute approximate surface area is 446 Å². The number of fused-ring (bicyclic) bond motifs is 2. The van der Waals surface area contributed by atoms with Crippen molar-refractivity contribution >= 4 is 99.2 Å². The average molecular weight is 1130 g/mol. The number of aliphatic hydroxyl groups excluding tert-OH is 2. The molecule has 2 aromatic heterocycles. The van der Waals surface area contributed by atoms with E-state index in [4.69, 9.17) is 39.3 Å². The molecule has 2 heterocycles. The third-order valence-corrected chi connectivity index (χ3v) is 12.0. The normalized spacial score (nSPS) is 12.5. The molecule has 20 nitrogen and oxygen atoms in total. The number of nitrogens with one attached hydrogen (secondary N) is 2. The molecular formula is C50H46B2BrClF2N8O12. The lowest BCUT2D eigenvalue weighted by molar-refractivity contribution is -0.153. The van der Waals surface area contributed by atoms with E-state index < -0.39 is 66.8 Å². The van der Waals surface area contributed by atoms with Gasteiger partial charge in [0.1, 0.15) is 41.5 Å². The minimum Gasteiger partial charge on any atom is -0.479 e. The summed E-state index contributed by atoms with van der Waals surface area (Å²) < 4.78 is 32.6. The van der Waals surface area contributed by atoms with Gasteiger partial charge in [0.05, 0.1) is 6.61 Å². The summed E-state index contributed by atoms with van der Waals surface area (Å²) in [6.07, 6.45) is -2.70. The van der Waals surface area contributed by atoms with Gasteiger partial charge in [-0.3, -0.25) is 9.59 Å². The maximum atomic E-state index is 14.2. The summed E-state index contributed by atoms with van der Waals surface area (Å²) in [5.41, 5.74) is 4.51. The van der Waals surface area contributed by atoms with Crippen LogP contribution in [0.3, 0.4) is 0 Å². The number of carboxylic acid groups (broad SMARTS) is 1. The molecule has 6 aromatic carbocycles. The molecular weight excluding hydrogens is 1080 g/mol. The van der Waals surface area contributed by atoms with Crippen molar-refractivity contribution in [1.29, 1.82) is 0 Å². The maximum absolute atomic E-state index is 14.2. The fraction of sp³-hybridized carbons (Fsp3) is 0.200. The van der Waals surface area contributed by atoms with Crippen LogP contribution in [0.4, 0.5) is 8.78 Å².